The van der Waals surface area contributed by atoms with Crippen LogP contribution in [0.25, 0.3) is 0 Å². The SMILES string of the molecule is CC(CN(C)C)C(Cc1ccccc1)c1ccccc1. The maximum atomic E-state index is 2.36. The minimum atomic E-state index is 0.570. The second-order valence-electron chi connectivity index (χ2n) is 5.95. The van der Waals surface area contributed by atoms with Crippen molar-refractivity contribution in [3.05, 3.63) is 71.8 Å². The molecule has 0 saturated carbocycles. The minimum absolute atomic E-state index is 0.570. The van der Waals surface area contributed by atoms with E-state index < -0.39 is 0 Å². The lowest BCUT2D eigenvalue weighted by Crippen LogP contribution is -2.25. The van der Waals surface area contributed by atoms with Gasteiger partial charge in [-0.15, -0.1) is 0 Å². The van der Waals surface area contributed by atoms with Crippen molar-refractivity contribution in [1.82, 2.24) is 4.90 Å². The number of hydrogen-bond donors (Lipinski definition) is 0. The molecular weight excluding hydrogens is 242 g/mol. The van der Waals surface area contributed by atoms with E-state index in [-0.39, 0.29) is 0 Å². The molecule has 2 rings (SSSR count). The van der Waals surface area contributed by atoms with E-state index in [4.69, 9.17) is 0 Å². The van der Waals surface area contributed by atoms with Crippen LogP contribution in [0.1, 0.15) is 24.0 Å². The van der Waals surface area contributed by atoms with Gasteiger partial charge in [0, 0.05) is 6.54 Å². The predicted molar refractivity (Wildman–Crippen MR) is 87.0 cm³/mol. The molecule has 0 bridgehead atoms. The van der Waals surface area contributed by atoms with Crippen molar-refractivity contribution in [2.24, 2.45) is 5.92 Å². The highest BCUT2D eigenvalue weighted by Gasteiger charge is 2.20. The maximum absolute atomic E-state index is 2.36. The molecule has 2 aromatic rings. The van der Waals surface area contributed by atoms with Crippen LogP contribution in [0.2, 0.25) is 0 Å². The third kappa shape index (κ3) is 4.21. The van der Waals surface area contributed by atoms with Crippen LogP contribution in [0.4, 0.5) is 0 Å². The average molecular weight is 267 g/mol. The van der Waals surface area contributed by atoms with Crippen molar-refractivity contribution in [2.75, 3.05) is 20.6 Å². The highest BCUT2D eigenvalue weighted by molar-refractivity contribution is 5.25. The molecule has 20 heavy (non-hydrogen) atoms. The van der Waals surface area contributed by atoms with E-state index in [1.807, 2.05) is 0 Å². The van der Waals surface area contributed by atoms with Crippen LogP contribution in [0.5, 0.6) is 0 Å². The Labute approximate surface area is 123 Å². The molecule has 0 aliphatic carbocycles. The molecule has 0 radical (unpaired) electrons. The number of rotatable bonds is 6. The summed E-state index contributed by atoms with van der Waals surface area (Å²) < 4.78 is 0. The Bertz CT molecular complexity index is 490. The summed E-state index contributed by atoms with van der Waals surface area (Å²) in [7, 11) is 4.31. The number of benzene rings is 2. The summed E-state index contributed by atoms with van der Waals surface area (Å²) in [5.41, 5.74) is 2.87. The third-order valence-corrected chi connectivity index (χ3v) is 3.87. The first-order chi connectivity index (χ1) is 9.66. The van der Waals surface area contributed by atoms with Crippen molar-refractivity contribution >= 4 is 0 Å². The average Bonchev–Trinajstić information content (AvgIpc) is 2.46. The molecule has 2 unspecified atom stereocenters. The second-order valence-corrected chi connectivity index (χ2v) is 5.95. The Hall–Kier alpha value is -1.60. The minimum Gasteiger partial charge on any atom is -0.309 e. The van der Waals surface area contributed by atoms with Crippen LogP contribution in [-0.4, -0.2) is 25.5 Å². The molecule has 0 aromatic heterocycles. The Morgan fingerprint density at radius 1 is 0.850 bits per heavy atom. The summed E-state index contributed by atoms with van der Waals surface area (Å²) in [4.78, 5) is 2.28. The Kier molecular flexibility index (Phi) is 5.37. The van der Waals surface area contributed by atoms with Crippen LogP contribution < -0.4 is 0 Å². The lowest BCUT2D eigenvalue weighted by atomic mass is 9.82. The first kappa shape index (κ1) is 14.8. The molecule has 0 aliphatic rings. The van der Waals surface area contributed by atoms with Crippen molar-refractivity contribution in [3.63, 3.8) is 0 Å². The summed E-state index contributed by atoms with van der Waals surface area (Å²) in [6, 6.07) is 21.7. The Morgan fingerprint density at radius 2 is 1.40 bits per heavy atom. The largest absolute Gasteiger partial charge is 0.309 e. The number of hydrogen-bond acceptors (Lipinski definition) is 1. The summed E-state index contributed by atoms with van der Waals surface area (Å²) in [5.74, 6) is 1.20. The molecule has 0 saturated heterocycles. The van der Waals surface area contributed by atoms with Gasteiger partial charge in [-0.1, -0.05) is 67.6 Å². The lowest BCUT2D eigenvalue weighted by Gasteiger charge is -2.27. The van der Waals surface area contributed by atoms with Crippen LogP contribution in [0.15, 0.2) is 60.7 Å². The van der Waals surface area contributed by atoms with Gasteiger partial charge in [0.25, 0.3) is 0 Å². The van der Waals surface area contributed by atoms with E-state index in [9.17, 15) is 0 Å². The second kappa shape index (κ2) is 7.25. The van der Waals surface area contributed by atoms with Gasteiger partial charge in [-0.3, -0.25) is 0 Å². The molecule has 2 aromatic carbocycles. The highest BCUT2D eigenvalue weighted by Crippen LogP contribution is 2.29. The molecule has 1 nitrogen and oxygen atoms in total. The predicted octanol–water partition coefficient (Wildman–Crippen LogP) is 4.21. The van der Waals surface area contributed by atoms with E-state index in [0.717, 1.165) is 13.0 Å². The van der Waals surface area contributed by atoms with E-state index in [1.54, 1.807) is 0 Å². The van der Waals surface area contributed by atoms with Gasteiger partial charge in [-0.2, -0.15) is 0 Å². The molecular formula is C19H25N. The standard InChI is InChI=1S/C19H25N/c1-16(15-20(2)3)19(18-12-8-5-9-13-18)14-17-10-6-4-7-11-17/h4-13,16,19H,14-15H2,1-3H3. The normalized spacial score (nSPS) is 14.2. The zero-order chi connectivity index (χ0) is 14.4. The summed E-state index contributed by atoms with van der Waals surface area (Å²) in [6.45, 7) is 3.48. The van der Waals surface area contributed by atoms with Gasteiger partial charge in [-0.05, 0) is 43.5 Å². The van der Waals surface area contributed by atoms with E-state index in [0.29, 0.717) is 11.8 Å². The summed E-state index contributed by atoms with van der Waals surface area (Å²) >= 11 is 0. The topological polar surface area (TPSA) is 3.24 Å². The molecule has 106 valence electrons. The van der Waals surface area contributed by atoms with Crippen LogP contribution in [-0.2, 0) is 6.42 Å². The summed E-state index contributed by atoms with van der Waals surface area (Å²) in [6.07, 6.45) is 1.11. The van der Waals surface area contributed by atoms with E-state index in [1.165, 1.54) is 11.1 Å². The van der Waals surface area contributed by atoms with Crippen molar-refractivity contribution in [1.29, 1.82) is 0 Å². The Morgan fingerprint density at radius 3 is 1.95 bits per heavy atom. The van der Waals surface area contributed by atoms with E-state index >= 15 is 0 Å². The summed E-state index contributed by atoms with van der Waals surface area (Å²) in [5, 5.41) is 0. The maximum Gasteiger partial charge on any atom is 0.000688 e. The quantitative estimate of drug-likeness (QED) is 0.758. The smallest absolute Gasteiger partial charge is 0.000688 e. The van der Waals surface area contributed by atoms with Crippen LogP contribution >= 0.6 is 0 Å². The first-order valence-corrected chi connectivity index (χ1v) is 7.40. The molecule has 0 spiro atoms. The van der Waals surface area contributed by atoms with Crippen molar-refractivity contribution in [2.45, 2.75) is 19.3 Å². The van der Waals surface area contributed by atoms with Gasteiger partial charge in [0.15, 0.2) is 0 Å². The van der Waals surface area contributed by atoms with Gasteiger partial charge in [0.05, 0.1) is 0 Å². The highest BCUT2D eigenvalue weighted by atomic mass is 15.1. The van der Waals surface area contributed by atoms with Crippen molar-refractivity contribution in [3.8, 4) is 0 Å². The Balaban J connectivity index is 2.20. The van der Waals surface area contributed by atoms with Gasteiger partial charge >= 0.3 is 0 Å². The van der Waals surface area contributed by atoms with E-state index in [2.05, 4.69) is 86.6 Å². The van der Waals surface area contributed by atoms with Gasteiger partial charge in [-0.25, -0.2) is 0 Å². The fourth-order valence-electron chi connectivity index (χ4n) is 2.92. The monoisotopic (exact) mass is 267 g/mol. The fraction of sp³-hybridized carbons (Fsp3) is 0.368. The molecule has 2 atom stereocenters. The van der Waals surface area contributed by atoms with Crippen LogP contribution in [0, 0.1) is 5.92 Å². The zero-order valence-electron chi connectivity index (χ0n) is 12.8. The van der Waals surface area contributed by atoms with Gasteiger partial charge in [0.2, 0.25) is 0 Å². The lowest BCUT2D eigenvalue weighted by molar-refractivity contribution is 0.304. The zero-order valence-corrected chi connectivity index (χ0v) is 12.8. The molecule has 0 heterocycles. The fourth-order valence-corrected chi connectivity index (χ4v) is 2.92. The first-order valence-electron chi connectivity index (χ1n) is 7.40. The van der Waals surface area contributed by atoms with Crippen LogP contribution in [0.3, 0.4) is 0 Å². The molecule has 1 heteroatoms. The third-order valence-electron chi connectivity index (χ3n) is 3.87. The molecule has 0 aliphatic heterocycles. The van der Waals surface area contributed by atoms with Gasteiger partial charge < -0.3 is 4.90 Å². The molecule has 0 N–H and O–H groups in total. The number of nitrogens with zero attached hydrogens (tertiary/aromatic N) is 1. The molecule has 0 fully saturated rings. The van der Waals surface area contributed by atoms with Crippen molar-refractivity contribution < 1.29 is 0 Å². The molecule has 0 amide bonds. The van der Waals surface area contributed by atoms with Gasteiger partial charge in [0.1, 0.15) is 0 Å².